The number of aromatic amines is 1. The maximum absolute atomic E-state index is 13.7. The summed E-state index contributed by atoms with van der Waals surface area (Å²) in [6.07, 6.45) is 3.53. The van der Waals surface area contributed by atoms with Gasteiger partial charge in [0, 0.05) is 36.8 Å². The largest absolute Gasteiger partial charge is 0.324 e. The van der Waals surface area contributed by atoms with E-state index in [4.69, 9.17) is 0 Å². The second-order valence-corrected chi connectivity index (χ2v) is 11.5. The molecule has 1 aromatic heterocycles. The van der Waals surface area contributed by atoms with Gasteiger partial charge in [-0.3, -0.25) is 19.6 Å². The van der Waals surface area contributed by atoms with Crippen LogP contribution in [-0.4, -0.2) is 65.8 Å². The van der Waals surface area contributed by atoms with Gasteiger partial charge in [-0.15, -0.1) is 0 Å². The van der Waals surface area contributed by atoms with Crippen LogP contribution in [-0.2, 0) is 27.8 Å². The van der Waals surface area contributed by atoms with E-state index in [9.17, 15) is 26.8 Å². The fraction of sp³-hybridized carbons (Fsp3) is 0.346. The fourth-order valence-corrected chi connectivity index (χ4v) is 6.33. The van der Waals surface area contributed by atoms with Gasteiger partial charge in [0.2, 0.25) is 15.9 Å². The first kappa shape index (κ1) is 26.9. The standard InChI is InChI=1S/C26H28F2N6O4S/c27-17-12-18(28)14-19(13-17)39(37,38)34-11-8-23-21(15-34)25(32-31-23)30-26(36)20-6-2-3-7-22(20)29-24(35)16-33-9-4-1-5-10-33/h2-3,6-7,12-14H,1,4-5,8-11,15-16H2,(H,29,35)(H2,30,31,32,36). The Balaban J connectivity index is 1.31. The van der Waals surface area contributed by atoms with Crippen LogP contribution in [0.5, 0.6) is 0 Å². The Hall–Kier alpha value is -3.68. The zero-order valence-corrected chi connectivity index (χ0v) is 21.9. The maximum atomic E-state index is 13.7. The SMILES string of the molecule is O=C(CN1CCCCC1)Nc1ccccc1C(=O)Nc1n[nH]c2c1CN(S(=O)(=O)c1cc(F)cc(F)c1)CC2. The molecule has 2 aliphatic rings. The van der Waals surface area contributed by atoms with Gasteiger partial charge in [0.15, 0.2) is 5.82 Å². The normalized spacial score (nSPS) is 16.5. The van der Waals surface area contributed by atoms with E-state index < -0.39 is 32.5 Å². The number of halogens is 2. The number of nitrogens with zero attached hydrogens (tertiary/aromatic N) is 3. The lowest BCUT2D eigenvalue weighted by molar-refractivity contribution is -0.117. The van der Waals surface area contributed by atoms with Gasteiger partial charge in [0.1, 0.15) is 11.6 Å². The zero-order chi connectivity index (χ0) is 27.6. The minimum atomic E-state index is -4.21. The van der Waals surface area contributed by atoms with E-state index >= 15 is 0 Å². The van der Waals surface area contributed by atoms with Crippen molar-refractivity contribution in [2.24, 2.45) is 0 Å². The monoisotopic (exact) mass is 558 g/mol. The number of sulfonamides is 1. The summed E-state index contributed by atoms with van der Waals surface area (Å²) in [6.45, 7) is 1.87. The second-order valence-electron chi connectivity index (χ2n) is 9.61. The minimum absolute atomic E-state index is 0.0644. The molecule has 0 aliphatic carbocycles. The van der Waals surface area contributed by atoms with Crippen molar-refractivity contribution in [3.8, 4) is 0 Å². The highest BCUT2D eigenvalue weighted by Gasteiger charge is 2.32. The van der Waals surface area contributed by atoms with Gasteiger partial charge in [-0.25, -0.2) is 17.2 Å². The average Bonchev–Trinajstić information content (AvgIpc) is 3.30. The van der Waals surface area contributed by atoms with E-state index in [1.807, 2.05) is 0 Å². The number of piperidine rings is 1. The highest BCUT2D eigenvalue weighted by molar-refractivity contribution is 7.89. The topological polar surface area (TPSA) is 128 Å². The number of hydrogen-bond acceptors (Lipinski definition) is 6. The van der Waals surface area contributed by atoms with Crippen LogP contribution >= 0.6 is 0 Å². The van der Waals surface area contributed by atoms with Crippen LogP contribution < -0.4 is 10.6 Å². The summed E-state index contributed by atoms with van der Waals surface area (Å²) in [4.78, 5) is 27.5. The van der Waals surface area contributed by atoms with Crippen molar-refractivity contribution >= 4 is 33.3 Å². The van der Waals surface area contributed by atoms with Crippen molar-refractivity contribution in [3.63, 3.8) is 0 Å². The molecular weight excluding hydrogens is 530 g/mol. The molecule has 0 radical (unpaired) electrons. The number of nitrogens with one attached hydrogen (secondary N) is 3. The average molecular weight is 559 g/mol. The van der Waals surface area contributed by atoms with Crippen LogP contribution in [0, 0.1) is 11.6 Å². The predicted octanol–water partition coefficient (Wildman–Crippen LogP) is 3.11. The van der Waals surface area contributed by atoms with Crippen molar-refractivity contribution in [2.45, 2.75) is 37.1 Å². The number of rotatable bonds is 7. The summed E-state index contributed by atoms with van der Waals surface area (Å²) < 4.78 is 54.7. The molecule has 0 bridgehead atoms. The number of para-hydroxylation sites is 1. The van der Waals surface area contributed by atoms with Gasteiger partial charge in [-0.2, -0.15) is 9.40 Å². The lowest BCUT2D eigenvalue weighted by atomic mass is 10.1. The number of H-pyrrole nitrogens is 1. The Labute approximate surface area is 224 Å². The quantitative estimate of drug-likeness (QED) is 0.409. The molecular formula is C26H28F2N6O4S. The van der Waals surface area contributed by atoms with E-state index in [2.05, 4.69) is 25.7 Å². The molecule has 1 saturated heterocycles. The Morgan fingerprint density at radius 1 is 0.974 bits per heavy atom. The third kappa shape index (κ3) is 6.00. The highest BCUT2D eigenvalue weighted by atomic mass is 32.2. The van der Waals surface area contributed by atoms with Gasteiger partial charge < -0.3 is 10.6 Å². The first-order valence-corrected chi connectivity index (χ1v) is 14.1. The summed E-state index contributed by atoms with van der Waals surface area (Å²) in [5, 5.41) is 12.5. The van der Waals surface area contributed by atoms with Crippen molar-refractivity contribution < 1.29 is 26.8 Å². The third-order valence-electron chi connectivity index (χ3n) is 6.87. The van der Waals surface area contributed by atoms with Gasteiger partial charge in [-0.05, 0) is 50.2 Å². The van der Waals surface area contributed by atoms with Crippen molar-refractivity contribution in [1.29, 1.82) is 0 Å². The van der Waals surface area contributed by atoms with Crippen molar-refractivity contribution in [2.75, 3.05) is 36.8 Å². The number of likely N-dealkylation sites (tertiary alicyclic amines) is 1. The fourth-order valence-electron chi connectivity index (χ4n) is 4.88. The van der Waals surface area contributed by atoms with Crippen LogP contribution in [0.15, 0.2) is 47.4 Å². The van der Waals surface area contributed by atoms with E-state index in [0.717, 1.165) is 48.8 Å². The van der Waals surface area contributed by atoms with Crippen LogP contribution in [0.2, 0.25) is 0 Å². The van der Waals surface area contributed by atoms with Crippen LogP contribution in [0.1, 0.15) is 40.9 Å². The number of hydrogen-bond donors (Lipinski definition) is 3. The lowest BCUT2D eigenvalue weighted by Crippen LogP contribution is -2.37. The number of carbonyl (C=O) groups is 2. The molecule has 206 valence electrons. The first-order valence-electron chi connectivity index (χ1n) is 12.7. The lowest BCUT2D eigenvalue weighted by Gasteiger charge is -2.26. The molecule has 3 heterocycles. The molecule has 39 heavy (non-hydrogen) atoms. The van der Waals surface area contributed by atoms with Crippen LogP contribution in [0.4, 0.5) is 20.3 Å². The maximum Gasteiger partial charge on any atom is 0.258 e. The Bertz CT molecular complexity index is 1480. The van der Waals surface area contributed by atoms with Crippen LogP contribution in [0.25, 0.3) is 0 Å². The molecule has 0 atom stereocenters. The Kier molecular flexibility index (Phi) is 7.73. The van der Waals surface area contributed by atoms with Gasteiger partial charge >= 0.3 is 0 Å². The van der Waals surface area contributed by atoms with Crippen molar-refractivity contribution in [3.05, 3.63) is 70.9 Å². The molecule has 0 unspecified atom stereocenters. The van der Waals surface area contributed by atoms with Crippen LogP contribution in [0.3, 0.4) is 0 Å². The van der Waals surface area contributed by atoms with Gasteiger partial charge in [-0.1, -0.05) is 18.6 Å². The van der Waals surface area contributed by atoms with Gasteiger partial charge in [0.25, 0.3) is 5.91 Å². The molecule has 2 amide bonds. The molecule has 10 nitrogen and oxygen atoms in total. The molecule has 2 aromatic carbocycles. The molecule has 5 rings (SSSR count). The second kappa shape index (κ2) is 11.2. The molecule has 13 heteroatoms. The first-order chi connectivity index (χ1) is 18.7. The summed E-state index contributed by atoms with van der Waals surface area (Å²) in [6, 6.07) is 8.72. The Morgan fingerprint density at radius 3 is 2.44 bits per heavy atom. The molecule has 2 aliphatic heterocycles. The summed E-state index contributed by atoms with van der Waals surface area (Å²) in [5.74, 6) is -2.61. The zero-order valence-electron chi connectivity index (χ0n) is 21.0. The summed E-state index contributed by atoms with van der Waals surface area (Å²) in [5.41, 5.74) is 1.66. The number of amides is 2. The van der Waals surface area contributed by atoms with Gasteiger partial charge in [0.05, 0.1) is 22.7 Å². The molecule has 3 aromatic rings. The molecule has 3 N–H and O–H groups in total. The molecule has 0 spiro atoms. The van der Waals surface area contributed by atoms with E-state index in [1.54, 1.807) is 24.3 Å². The number of aromatic nitrogens is 2. The predicted molar refractivity (Wildman–Crippen MR) is 140 cm³/mol. The Morgan fingerprint density at radius 2 is 1.69 bits per heavy atom. The van der Waals surface area contributed by atoms with E-state index in [1.165, 1.54) is 0 Å². The van der Waals surface area contributed by atoms with E-state index in [-0.39, 0.29) is 43.3 Å². The number of carbonyl (C=O) groups excluding carboxylic acids is 2. The highest BCUT2D eigenvalue weighted by Crippen LogP contribution is 2.29. The summed E-state index contributed by atoms with van der Waals surface area (Å²) in [7, 11) is -4.21. The number of benzene rings is 2. The van der Waals surface area contributed by atoms with Crippen molar-refractivity contribution in [1.82, 2.24) is 19.4 Å². The molecule has 1 fully saturated rings. The smallest absolute Gasteiger partial charge is 0.258 e. The third-order valence-corrected chi connectivity index (χ3v) is 8.69. The minimum Gasteiger partial charge on any atom is -0.324 e. The molecule has 0 saturated carbocycles. The summed E-state index contributed by atoms with van der Waals surface area (Å²) >= 11 is 0. The van der Waals surface area contributed by atoms with E-state index in [0.29, 0.717) is 23.0 Å². The number of fused-ring (bicyclic) bond motifs is 1. The number of anilines is 2.